The van der Waals surface area contributed by atoms with Crippen LogP contribution in [-0.2, 0) is 14.3 Å². The van der Waals surface area contributed by atoms with Gasteiger partial charge in [-0.25, -0.2) is 9.37 Å². The molecule has 0 saturated carbocycles. The lowest BCUT2D eigenvalue weighted by Gasteiger charge is -2.28. The van der Waals surface area contributed by atoms with Gasteiger partial charge in [0.1, 0.15) is 30.0 Å². The summed E-state index contributed by atoms with van der Waals surface area (Å²) in [7, 11) is 1.36. The first-order valence-corrected chi connectivity index (χ1v) is 12.8. The van der Waals surface area contributed by atoms with Crippen LogP contribution >= 0.6 is 0 Å². The third kappa shape index (κ3) is 8.38. The van der Waals surface area contributed by atoms with E-state index in [2.05, 4.69) is 11.6 Å². The predicted molar refractivity (Wildman–Crippen MR) is 148 cm³/mol. The molecule has 0 radical (unpaired) electrons. The van der Waals surface area contributed by atoms with Gasteiger partial charge in [0.05, 0.1) is 13.0 Å². The van der Waals surface area contributed by atoms with Gasteiger partial charge in [-0.05, 0) is 31.2 Å². The number of benzene rings is 2. The van der Waals surface area contributed by atoms with E-state index in [9.17, 15) is 18.8 Å². The van der Waals surface area contributed by atoms with Crippen LogP contribution in [0.3, 0.4) is 0 Å². The third-order valence-electron chi connectivity index (χ3n) is 5.87. The van der Waals surface area contributed by atoms with Crippen LogP contribution in [0.1, 0.15) is 49.3 Å². The molecule has 3 rings (SSSR count). The van der Waals surface area contributed by atoms with Crippen molar-refractivity contribution in [3.63, 3.8) is 0 Å². The molecule has 0 fully saturated rings. The highest BCUT2D eigenvalue weighted by Gasteiger charge is 2.31. The van der Waals surface area contributed by atoms with Crippen molar-refractivity contribution in [2.75, 3.05) is 13.7 Å². The largest absolute Gasteiger partial charge is 0.493 e. The van der Waals surface area contributed by atoms with Crippen LogP contribution < -0.4 is 18.9 Å². The van der Waals surface area contributed by atoms with E-state index in [0.717, 1.165) is 0 Å². The number of carbonyl (C=O) groups is 3. The van der Waals surface area contributed by atoms with E-state index in [4.69, 9.17) is 23.7 Å². The molecule has 2 aromatic carbocycles. The first kappa shape index (κ1) is 30.8. The Morgan fingerprint density at radius 3 is 2.44 bits per heavy atom. The van der Waals surface area contributed by atoms with E-state index in [0.29, 0.717) is 11.3 Å². The Labute approximate surface area is 237 Å². The molecule has 9 nitrogen and oxygen atoms in total. The molecule has 3 atom stereocenters. The maximum absolute atomic E-state index is 14.1. The van der Waals surface area contributed by atoms with Gasteiger partial charge in [0.2, 0.25) is 5.75 Å². The second-order valence-electron chi connectivity index (χ2n) is 9.09. The maximum Gasteiger partial charge on any atom is 0.309 e. The number of ketones is 1. The lowest BCUT2D eigenvalue weighted by molar-refractivity contribution is -0.157. The number of nitrogens with zero attached hydrogens (tertiary/aromatic N) is 1. The van der Waals surface area contributed by atoms with Crippen molar-refractivity contribution in [1.82, 2.24) is 4.98 Å². The van der Waals surface area contributed by atoms with Crippen LogP contribution in [0.15, 0.2) is 73.4 Å². The zero-order chi connectivity index (χ0) is 29.9. The molecule has 1 aromatic heterocycles. The summed E-state index contributed by atoms with van der Waals surface area (Å²) in [4.78, 5) is 41.8. The van der Waals surface area contributed by atoms with Gasteiger partial charge >= 0.3 is 11.9 Å². The second kappa shape index (κ2) is 14.6. The zero-order valence-electron chi connectivity index (χ0n) is 23.3. The minimum Gasteiger partial charge on any atom is -0.493 e. The van der Waals surface area contributed by atoms with Gasteiger partial charge in [0.15, 0.2) is 23.3 Å². The minimum atomic E-state index is -0.898. The number of esters is 2. The molecule has 0 spiro atoms. The number of Topliss-reactive ketones (excluding diaryl/α,β-unsaturated/α-hetero) is 1. The molecule has 0 amide bonds. The van der Waals surface area contributed by atoms with Crippen LogP contribution in [0, 0.1) is 11.7 Å². The molecule has 41 heavy (non-hydrogen) atoms. The number of carbonyl (C=O) groups excluding carboxylic acids is 3. The molecule has 3 aromatic rings. The first-order valence-electron chi connectivity index (χ1n) is 12.8. The quantitative estimate of drug-likeness (QED) is 0.138. The molecule has 0 aliphatic rings. The lowest BCUT2D eigenvalue weighted by atomic mass is 10.0. The first-order chi connectivity index (χ1) is 19.6. The number of ether oxygens (including phenoxy) is 5. The van der Waals surface area contributed by atoms with Crippen LogP contribution in [0.5, 0.6) is 23.0 Å². The Bertz CT molecular complexity index is 1380. The summed E-state index contributed by atoms with van der Waals surface area (Å²) in [6.07, 6.45) is 0.802. The fourth-order valence-corrected chi connectivity index (χ4v) is 3.93. The number of halogens is 1. The van der Waals surface area contributed by atoms with Crippen LogP contribution in [-0.4, -0.2) is 42.5 Å². The molecule has 0 saturated heterocycles. The highest BCUT2D eigenvalue weighted by Crippen LogP contribution is 2.35. The van der Waals surface area contributed by atoms with Crippen molar-refractivity contribution in [3.05, 3.63) is 90.5 Å². The van der Waals surface area contributed by atoms with E-state index in [1.54, 1.807) is 31.2 Å². The van der Waals surface area contributed by atoms with E-state index >= 15 is 0 Å². The topological polar surface area (TPSA) is 110 Å². The summed E-state index contributed by atoms with van der Waals surface area (Å²) in [5.41, 5.74) is 0.306. The van der Waals surface area contributed by atoms with E-state index in [1.165, 1.54) is 57.5 Å². The monoisotopic (exact) mass is 565 g/mol. The molecule has 216 valence electrons. The van der Waals surface area contributed by atoms with Gasteiger partial charge < -0.3 is 23.7 Å². The minimum absolute atomic E-state index is 0.120. The lowest BCUT2D eigenvalue weighted by Crippen LogP contribution is -2.30. The number of aromatic nitrogens is 1. The Morgan fingerprint density at radius 2 is 1.78 bits per heavy atom. The molecule has 0 N–H and O–H groups in total. The van der Waals surface area contributed by atoms with Crippen molar-refractivity contribution in [3.8, 4) is 23.0 Å². The third-order valence-corrected chi connectivity index (χ3v) is 5.87. The second-order valence-corrected chi connectivity index (χ2v) is 9.09. The molecule has 0 aliphatic heterocycles. The predicted octanol–water partition coefficient (Wildman–Crippen LogP) is 5.68. The fourth-order valence-electron chi connectivity index (χ4n) is 3.93. The Balaban J connectivity index is 1.82. The van der Waals surface area contributed by atoms with Crippen LogP contribution in [0.4, 0.5) is 4.39 Å². The van der Waals surface area contributed by atoms with Crippen molar-refractivity contribution in [2.24, 2.45) is 5.92 Å². The SMILES string of the molecule is C=CCOc1cc(F)ccc1[C@@H](Oc1ccccc1)[C@H](C)OC(=O)[C@H](C)CC(=O)c1nccc(OC)c1OC(C)=O. The van der Waals surface area contributed by atoms with Crippen molar-refractivity contribution < 1.29 is 42.5 Å². The highest BCUT2D eigenvalue weighted by atomic mass is 19.1. The number of para-hydroxylation sites is 1. The molecule has 10 heteroatoms. The molecule has 0 unspecified atom stereocenters. The van der Waals surface area contributed by atoms with Crippen molar-refractivity contribution >= 4 is 17.7 Å². The highest BCUT2D eigenvalue weighted by molar-refractivity contribution is 5.99. The fraction of sp³-hybridized carbons (Fsp3) is 0.290. The molecular weight excluding hydrogens is 533 g/mol. The number of methoxy groups -OCH3 is 1. The van der Waals surface area contributed by atoms with E-state index in [1.807, 2.05) is 6.07 Å². The Hall–Kier alpha value is -4.73. The van der Waals surface area contributed by atoms with Crippen LogP contribution in [0.25, 0.3) is 0 Å². The van der Waals surface area contributed by atoms with E-state index in [-0.39, 0.29) is 36.0 Å². The molecule has 1 heterocycles. The van der Waals surface area contributed by atoms with Gasteiger partial charge in [0, 0.05) is 37.2 Å². The van der Waals surface area contributed by atoms with Crippen LogP contribution in [0.2, 0.25) is 0 Å². The summed E-state index contributed by atoms with van der Waals surface area (Å²) in [6.45, 7) is 8.09. The smallest absolute Gasteiger partial charge is 0.309 e. The summed E-state index contributed by atoms with van der Waals surface area (Å²) < 4.78 is 42.0. The normalized spacial score (nSPS) is 12.8. The molecular formula is C31H32FNO8. The molecule has 0 bridgehead atoms. The van der Waals surface area contributed by atoms with E-state index < -0.39 is 41.7 Å². The zero-order valence-corrected chi connectivity index (χ0v) is 23.3. The number of pyridine rings is 1. The van der Waals surface area contributed by atoms with Gasteiger partial charge in [-0.1, -0.05) is 37.8 Å². The van der Waals surface area contributed by atoms with Gasteiger partial charge in [0.25, 0.3) is 0 Å². The van der Waals surface area contributed by atoms with Gasteiger partial charge in [-0.2, -0.15) is 0 Å². The Kier molecular flexibility index (Phi) is 11.0. The van der Waals surface area contributed by atoms with Crippen molar-refractivity contribution in [1.29, 1.82) is 0 Å². The Morgan fingerprint density at radius 1 is 1.05 bits per heavy atom. The van der Waals surface area contributed by atoms with Gasteiger partial charge in [-0.15, -0.1) is 0 Å². The average molecular weight is 566 g/mol. The summed E-state index contributed by atoms with van der Waals surface area (Å²) in [6, 6.07) is 14.3. The summed E-state index contributed by atoms with van der Waals surface area (Å²) >= 11 is 0. The number of hydrogen-bond donors (Lipinski definition) is 0. The summed E-state index contributed by atoms with van der Waals surface area (Å²) in [5.74, 6) is -2.57. The standard InChI is InChI=1S/C31H32FNO8/c1-6-16-38-27-18-22(32)12-13-24(27)29(41-23-10-8-7-9-11-23)20(3)39-31(36)19(2)17-25(35)28-30(40-21(4)34)26(37-5)14-15-33-28/h6-15,18-20,29H,1,16-17H2,2-5H3/t19-,20+,29+/m1/s1. The molecule has 0 aliphatic carbocycles. The maximum atomic E-state index is 14.1. The number of rotatable bonds is 14. The van der Waals surface area contributed by atoms with Gasteiger partial charge in [-0.3, -0.25) is 14.4 Å². The number of hydrogen-bond acceptors (Lipinski definition) is 9. The average Bonchev–Trinajstić information content (AvgIpc) is 2.95. The summed E-state index contributed by atoms with van der Waals surface area (Å²) in [5, 5.41) is 0. The van der Waals surface area contributed by atoms with Crippen molar-refractivity contribution in [2.45, 2.75) is 39.4 Å².